The first kappa shape index (κ1) is 10.9. The quantitative estimate of drug-likeness (QED) is 0.640. The number of methoxy groups -OCH3 is 2. The van der Waals surface area contributed by atoms with Crippen molar-refractivity contribution in [3.63, 3.8) is 0 Å². The second-order valence-corrected chi connectivity index (χ2v) is 3.58. The highest BCUT2D eigenvalue weighted by molar-refractivity contribution is 4.92. The van der Waals surface area contributed by atoms with E-state index in [1.54, 1.807) is 14.2 Å². The van der Waals surface area contributed by atoms with Gasteiger partial charge in [-0.15, -0.1) is 0 Å². The van der Waals surface area contributed by atoms with Gasteiger partial charge in [-0.2, -0.15) is 0 Å². The summed E-state index contributed by atoms with van der Waals surface area (Å²) < 4.78 is 10.7. The second-order valence-electron chi connectivity index (χ2n) is 3.58. The molecule has 3 N–H and O–H groups in total. The van der Waals surface area contributed by atoms with Crippen molar-refractivity contribution < 1.29 is 9.47 Å². The summed E-state index contributed by atoms with van der Waals surface area (Å²) in [5.41, 5.74) is 5.97. The average Bonchev–Trinajstić information content (AvgIpc) is 2.17. The zero-order valence-corrected chi connectivity index (χ0v) is 8.62. The zero-order valence-electron chi connectivity index (χ0n) is 8.62. The van der Waals surface area contributed by atoms with Crippen LogP contribution >= 0.6 is 0 Å². The standard InChI is InChI=1S/C9H20N2O2/c1-11-7-5-9(13-3)8(12-2)4-6(7)10/h6-9,11H,4-5,10H2,1-3H3/t6-,7+,8?,9?/m0/s1. The maximum atomic E-state index is 5.97. The van der Waals surface area contributed by atoms with E-state index in [0.717, 1.165) is 12.8 Å². The van der Waals surface area contributed by atoms with Gasteiger partial charge < -0.3 is 20.5 Å². The van der Waals surface area contributed by atoms with Crippen molar-refractivity contribution in [1.82, 2.24) is 5.32 Å². The molecule has 0 aromatic carbocycles. The van der Waals surface area contributed by atoms with Crippen molar-refractivity contribution in [2.45, 2.75) is 37.1 Å². The Balaban J connectivity index is 2.54. The van der Waals surface area contributed by atoms with Crippen molar-refractivity contribution in [2.75, 3.05) is 21.3 Å². The maximum Gasteiger partial charge on any atom is 0.0848 e. The van der Waals surface area contributed by atoms with E-state index in [-0.39, 0.29) is 18.2 Å². The van der Waals surface area contributed by atoms with Crippen LogP contribution in [0, 0.1) is 0 Å². The van der Waals surface area contributed by atoms with Crippen LogP contribution in [0.1, 0.15) is 12.8 Å². The van der Waals surface area contributed by atoms with Crippen LogP contribution in [0.3, 0.4) is 0 Å². The summed E-state index contributed by atoms with van der Waals surface area (Å²) in [5.74, 6) is 0. The van der Waals surface area contributed by atoms with Crippen LogP contribution in [0.25, 0.3) is 0 Å². The lowest BCUT2D eigenvalue weighted by Gasteiger charge is -2.38. The lowest BCUT2D eigenvalue weighted by atomic mass is 9.86. The summed E-state index contributed by atoms with van der Waals surface area (Å²) in [6, 6.07) is 0.512. The smallest absolute Gasteiger partial charge is 0.0848 e. The molecule has 13 heavy (non-hydrogen) atoms. The van der Waals surface area contributed by atoms with Crippen LogP contribution in [-0.4, -0.2) is 45.6 Å². The Bertz CT molecular complexity index is 155. The van der Waals surface area contributed by atoms with Crippen LogP contribution in [-0.2, 0) is 9.47 Å². The Hall–Kier alpha value is -0.160. The molecule has 2 unspecified atom stereocenters. The summed E-state index contributed by atoms with van der Waals surface area (Å²) in [6.07, 6.45) is 2.10. The highest BCUT2D eigenvalue weighted by Gasteiger charge is 2.34. The molecular formula is C9H20N2O2. The topological polar surface area (TPSA) is 56.5 Å². The summed E-state index contributed by atoms with van der Waals surface area (Å²) >= 11 is 0. The third-order valence-electron chi connectivity index (χ3n) is 2.90. The van der Waals surface area contributed by atoms with Gasteiger partial charge in [0.25, 0.3) is 0 Å². The minimum atomic E-state index is 0.143. The minimum Gasteiger partial charge on any atom is -0.379 e. The van der Waals surface area contributed by atoms with Crippen molar-refractivity contribution >= 4 is 0 Å². The van der Waals surface area contributed by atoms with E-state index in [1.165, 1.54) is 0 Å². The number of hydrogen-bond acceptors (Lipinski definition) is 4. The number of nitrogens with one attached hydrogen (secondary N) is 1. The van der Waals surface area contributed by atoms with Crippen LogP contribution in [0.2, 0.25) is 0 Å². The molecular weight excluding hydrogens is 168 g/mol. The van der Waals surface area contributed by atoms with Crippen LogP contribution in [0.4, 0.5) is 0 Å². The van der Waals surface area contributed by atoms with Gasteiger partial charge in [0.15, 0.2) is 0 Å². The van der Waals surface area contributed by atoms with E-state index in [4.69, 9.17) is 15.2 Å². The number of likely N-dealkylation sites (N-methyl/N-ethyl adjacent to an activating group) is 1. The van der Waals surface area contributed by atoms with Crippen LogP contribution in [0.15, 0.2) is 0 Å². The Morgan fingerprint density at radius 2 is 1.69 bits per heavy atom. The van der Waals surface area contributed by atoms with E-state index >= 15 is 0 Å². The molecule has 0 bridgehead atoms. The fourth-order valence-corrected chi connectivity index (χ4v) is 1.99. The van der Waals surface area contributed by atoms with Crippen molar-refractivity contribution in [3.8, 4) is 0 Å². The van der Waals surface area contributed by atoms with Gasteiger partial charge in [-0.1, -0.05) is 0 Å². The minimum absolute atomic E-state index is 0.143. The summed E-state index contributed by atoms with van der Waals surface area (Å²) in [7, 11) is 5.37. The number of rotatable bonds is 3. The third kappa shape index (κ3) is 2.40. The molecule has 0 amide bonds. The van der Waals surface area contributed by atoms with Crippen molar-refractivity contribution in [2.24, 2.45) is 5.73 Å². The molecule has 4 heteroatoms. The van der Waals surface area contributed by atoms with Gasteiger partial charge in [0.2, 0.25) is 0 Å². The Morgan fingerprint density at radius 1 is 1.15 bits per heavy atom. The highest BCUT2D eigenvalue weighted by Crippen LogP contribution is 2.22. The van der Waals surface area contributed by atoms with Gasteiger partial charge in [-0.05, 0) is 19.9 Å². The summed E-state index contributed by atoms with van der Waals surface area (Å²) in [6.45, 7) is 0. The van der Waals surface area contributed by atoms with Crippen LogP contribution in [0.5, 0.6) is 0 Å². The Morgan fingerprint density at radius 3 is 2.15 bits per heavy atom. The molecule has 1 aliphatic rings. The molecule has 1 aliphatic carbocycles. The molecule has 0 aliphatic heterocycles. The molecule has 4 nitrogen and oxygen atoms in total. The third-order valence-corrected chi connectivity index (χ3v) is 2.90. The molecule has 0 aromatic rings. The first-order valence-electron chi connectivity index (χ1n) is 4.71. The molecule has 0 heterocycles. The lowest BCUT2D eigenvalue weighted by molar-refractivity contribution is -0.0685. The van der Waals surface area contributed by atoms with Crippen molar-refractivity contribution in [3.05, 3.63) is 0 Å². The van der Waals surface area contributed by atoms with Crippen LogP contribution < -0.4 is 11.1 Å². The number of nitrogens with two attached hydrogens (primary N) is 1. The first-order valence-corrected chi connectivity index (χ1v) is 4.71. The second kappa shape index (κ2) is 4.91. The SMILES string of the molecule is CN[C@@H]1CC(OC)C(OC)C[C@@H]1N. The average molecular weight is 188 g/mol. The first-order chi connectivity index (χ1) is 6.22. The van der Waals surface area contributed by atoms with Gasteiger partial charge in [-0.3, -0.25) is 0 Å². The van der Waals surface area contributed by atoms with E-state index in [2.05, 4.69) is 5.32 Å². The van der Waals surface area contributed by atoms with E-state index in [0.29, 0.717) is 6.04 Å². The normalized spacial score (nSPS) is 40.6. The monoisotopic (exact) mass is 188 g/mol. The molecule has 1 fully saturated rings. The molecule has 4 atom stereocenters. The summed E-state index contributed by atoms with van der Waals surface area (Å²) in [5, 5.41) is 3.20. The fourth-order valence-electron chi connectivity index (χ4n) is 1.99. The predicted molar refractivity (Wildman–Crippen MR) is 51.7 cm³/mol. The molecule has 1 saturated carbocycles. The summed E-state index contributed by atoms with van der Waals surface area (Å²) in [4.78, 5) is 0. The molecule has 0 aromatic heterocycles. The fraction of sp³-hybridized carbons (Fsp3) is 1.00. The van der Waals surface area contributed by atoms with Gasteiger partial charge >= 0.3 is 0 Å². The van der Waals surface area contributed by atoms with Gasteiger partial charge in [0.05, 0.1) is 12.2 Å². The maximum absolute atomic E-state index is 5.97. The lowest BCUT2D eigenvalue weighted by Crippen LogP contribution is -2.54. The van der Waals surface area contributed by atoms with E-state index in [1.807, 2.05) is 7.05 Å². The predicted octanol–water partition coefficient (Wildman–Crippen LogP) is -0.274. The molecule has 0 radical (unpaired) electrons. The van der Waals surface area contributed by atoms with E-state index < -0.39 is 0 Å². The number of ether oxygens (including phenoxy) is 2. The number of hydrogen-bond donors (Lipinski definition) is 2. The Labute approximate surface area is 79.8 Å². The van der Waals surface area contributed by atoms with Gasteiger partial charge in [0.1, 0.15) is 0 Å². The van der Waals surface area contributed by atoms with E-state index in [9.17, 15) is 0 Å². The zero-order chi connectivity index (χ0) is 9.84. The molecule has 0 spiro atoms. The van der Waals surface area contributed by atoms with Crippen molar-refractivity contribution in [1.29, 1.82) is 0 Å². The molecule has 78 valence electrons. The molecule has 0 saturated heterocycles. The highest BCUT2D eigenvalue weighted by atomic mass is 16.5. The van der Waals surface area contributed by atoms with Gasteiger partial charge in [0, 0.05) is 26.3 Å². The Kier molecular flexibility index (Phi) is 4.12. The largest absolute Gasteiger partial charge is 0.379 e. The van der Waals surface area contributed by atoms with Gasteiger partial charge in [-0.25, -0.2) is 0 Å². The molecule has 1 rings (SSSR count).